The van der Waals surface area contributed by atoms with E-state index in [4.69, 9.17) is 4.74 Å². The van der Waals surface area contributed by atoms with Crippen molar-refractivity contribution in [3.63, 3.8) is 0 Å². The Morgan fingerprint density at radius 2 is 2.38 bits per heavy atom. The quantitative estimate of drug-likeness (QED) is 0.530. The molecule has 1 aromatic heterocycles. The molecule has 1 rings (SSSR count). The molecule has 70 valence electrons. The third-order valence-corrected chi connectivity index (χ3v) is 2.38. The number of rotatable bonds is 5. The molecule has 1 heterocycles. The van der Waals surface area contributed by atoms with Gasteiger partial charge in [-0.1, -0.05) is 19.2 Å². The average Bonchev–Trinajstić information content (AvgIpc) is 2.56. The fourth-order valence-corrected chi connectivity index (χ4v) is 1.70. The van der Waals surface area contributed by atoms with E-state index in [2.05, 4.69) is 13.2 Å². The average molecular weight is 195 g/mol. The molecular formula is C10H13NOS. The van der Waals surface area contributed by atoms with Crippen LogP contribution in [0.3, 0.4) is 0 Å². The van der Waals surface area contributed by atoms with Crippen LogP contribution in [0, 0.1) is 0 Å². The summed E-state index contributed by atoms with van der Waals surface area (Å²) < 4.78 is 7.39. The number of thioether (sulfide) groups is 1. The monoisotopic (exact) mass is 195 g/mol. The van der Waals surface area contributed by atoms with Gasteiger partial charge in [0.1, 0.15) is 11.6 Å². The van der Waals surface area contributed by atoms with Gasteiger partial charge in [-0.2, -0.15) is 0 Å². The standard InChI is InChI=1S/C10H13NOS/c1-4-8-12-9-6-7-11(5-2)10(9)13-3/h4-7H,1-2,8H2,3H3. The van der Waals surface area contributed by atoms with Gasteiger partial charge in [0.15, 0.2) is 5.75 Å². The van der Waals surface area contributed by atoms with Gasteiger partial charge >= 0.3 is 0 Å². The summed E-state index contributed by atoms with van der Waals surface area (Å²) in [6.07, 6.45) is 7.43. The number of ether oxygens (including phenoxy) is 1. The molecule has 0 amide bonds. The van der Waals surface area contributed by atoms with Crippen LogP contribution in [0.1, 0.15) is 0 Å². The van der Waals surface area contributed by atoms with Crippen LogP contribution in [-0.4, -0.2) is 17.4 Å². The highest BCUT2D eigenvalue weighted by atomic mass is 32.2. The van der Waals surface area contributed by atoms with Gasteiger partial charge in [0.2, 0.25) is 0 Å². The summed E-state index contributed by atoms with van der Waals surface area (Å²) in [5.74, 6) is 0.882. The molecule has 0 aliphatic rings. The minimum atomic E-state index is 0.536. The van der Waals surface area contributed by atoms with Gasteiger partial charge in [-0.15, -0.1) is 11.8 Å². The fraction of sp³-hybridized carbons (Fsp3) is 0.200. The van der Waals surface area contributed by atoms with Crippen molar-refractivity contribution in [3.05, 3.63) is 31.5 Å². The molecule has 1 aromatic rings. The summed E-state index contributed by atoms with van der Waals surface area (Å²) in [6, 6.07) is 1.93. The molecule has 13 heavy (non-hydrogen) atoms. The second-order valence-electron chi connectivity index (χ2n) is 2.38. The van der Waals surface area contributed by atoms with Crippen molar-refractivity contribution in [2.75, 3.05) is 12.9 Å². The number of aromatic nitrogens is 1. The van der Waals surface area contributed by atoms with Crippen LogP contribution in [0.25, 0.3) is 6.20 Å². The smallest absolute Gasteiger partial charge is 0.151 e. The lowest BCUT2D eigenvalue weighted by molar-refractivity contribution is 0.354. The van der Waals surface area contributed by atoms with E-state index in [0.717, 1.165) is 10.8 Å². The molecule has 0 aliphatic heterocycles. The maximum absolute atomic E-state index is 5.45. The van der Waals surface area contributed by atoms with Crippen LogP contribution >= 0.6 is 11.8 Å². The largest absolute Gasteiger partial charge is 0.487 e. The Balaban J connectivity index is 2.86. The Labute approximate surface area is 82.9 Å². The lowest BCUT2D eigenvalue weighted by Crippen LogP contribution is -1.93. The van der Waals surface area contributed by atoms with Gasteiger partial charge in [-0.3, -0.25) is 0 Å². The van der Waals surface area contributed by atoms with Gasteiger partial charge in [-0.05, 0) is 12.3 Å². The van der Waals surface area contributed by atoms with E-state index in [1.165, 1.54) is 0 Å². The fourth-order valence-electron chi connectivity index (χ4n) is 1.02. The third-order valence-electron chi connectivity index (χ3n) is 1.58. The molecule has 0 spiro atoms. The van der Waals surface area contributed by atoms with Crippen molar-refractivity contribution in [1.29, 1.82) is 0 Å². The van der Waals surface area contributed by atoms with Crippen LogP contribution in [0.2, 0.25) is 0 Å². The SMILES string of the molecule is C=CCOc1ccn(C=C)c1SC. The minimum Gasteiger partial charge on any atom is -0.487 e. The molecule has 2 nitrogen and oxygen atoms in total. The van der Waals surface area contributed by atoms with E-state index in [-0.39, 0.29) is 0 Å². The Morgan fingerprint density at radius 3 is 2.92 bits per heavy atom. The zero-order valence-electron chi connectivity index (χ0n) is 7.69. The lowest BCUT2D eigenvalue weighted by atomic mass is 10.6. The van der Waals surface area contributed by atoms with Crippen LogP contribution in [0.15, 0.2) is 36.5 Å². The second-order valence-corrected chi connectivity index (χ2v) is 3.17. The van der Waals surface area contributed by atoms with Crippen LogP contribution in [0.4, 0.5) is 0 Å². The first kappa shape index (κ1) is 9.99. The normalized spacial score (nSPS) is 9.62. The predicted octanol–water partition coefficient (Wildman–Crippen LogP) is 2.88. The summed E-state index contributed by atoms with van der Waals surface area (Å²) in [7, 11) is 0. The molecular weight excluding hydrogens is 182 g/mol. The number of hydrogen-bond acceptors (Lipinski definition) is 2. The van der Waals surface area contributed by atoms with Crippen molar-refractivity contribution in [2.45, 2.75) is 5.03 Å². The van der Waals surface area contributed by atoms with Gasteiger partial charge in [0, 0.05) is 12.4 Å². The van der Waals surface area contributed by atoms with Crippen LogP contribution in [-0.2, 0) is 0 Å². The molecule has 0 saturated carbocycles. The third kappa shape index (κ3) is 2.18. The first-order chi connectivity index (χ1) is 6.33. The van der Waals surface area contributed by atoms with Crippen molar-refractivity contribution in [3.8, 4) is 5.75 Å². The van der Waals surface area contributed by atoms with Gasteiger partial charge in [-0.25, -0.2) is 0 Å². The zero-order chi connectivity index (χ0) is 9.68. The lowest BCUT2D eigenvalue weighted by Gasteiger charge is -2.04. The Hall–Kier alpha value is -1.09. The van der Waals surface area contributed by atoms with Gasteiger partial charge in [0.25, 0.3) is 0 Å². The Bertz CT molecular complexity index is 304. The zero-order valence-corrected chi connectivity index (χ0v) is 8.51. The van der Waals surface area contributed by atoms with E-state index in [0.29, 0.717) is 6.61 Å². The first-order valence-electron chi connectivity index (χ1n) is 3.94. The van der Waals surface area contributed by atoms with Crippen molar-refractivity contribution < 1.29 is 4.74 Å². The number of hydrogen-bond donors (Lipinski definition) is 0. The molecule has 0 aromatic carbocycles. The van der Waals surface area contributed by atoms with E-state index >= 15 is 0 Å². The first-order valence-corrected chi connectivity index (χ1v) is 5.17. The van der Waals surface area contributed by atoms with Gasteiger partial charge in [0.05, 0.1) is 0 Å². The summed E-state index contributed by atoms with van der Waals surface area (Å²) in [6.45, 7) is 7.84. The van der Waals surface area contributed by atoms with Crippen molar-refractivity contribution in [1.82, 2.24) is 4.57 Å². The second kappa shape index (κ2) is 4.82. The maximum atomic E-state index is 5.45. The Kier molecular flexibility index (Phi) is 3.71. The maximum Gasteiger partial charge on any atom is 0.151 e. The summed E-state index contributed by atoms with van der Waals surface area (Å²) in [5, 5.41) is 1.07. The van der Waals surface area contributed by atoms with Crippen molar-refractivity contribution in [2.24, 2.45) is 0 Å². The Morgan fingerprint density at radius 1 is 1.62 bits per heavy atom. The van der Waals surface area contributed by atoms with E-state index in [1.807, 2.05) is 23.1 Å². The van der Waals surface area contributed by atoms with E-state index in [9.17, 15) is 0 Å². The highest BCUT2D eigenvalue weighted by molar-refractivity contribution is 7.98. The van der Waals surface area contributed by atoms with E-state index < -0.39 is 0 Å². The molecule has 0 fully saturated rings. The highest BCUT2D eigenvalue weighted by Gasteiger charge is 2.06. The number of nitrogens with zero attached hydrogens (tertiary/aromatic N) is 1. The molecule has 0 bridgehead atoms. The summed E-state index contributed by atoms with van der Waals surface area (Å²) >= 11 is 1.64. The molecule has 3 heteroatoms. The topological polar surface area (TPSA) is 14.2 Å². The summed E-state index contributed by atoms with van der Waals surface area (Å²) in [4.78, 5) is 0. The molecule has 0 unspecified atom stereocenters. The minimum absolute atomic E-state index is 0.536. The van der Waals surface area contributed by atoms with Gasteiger partial charge < -0.3 is 9.30 Å². The molecule has 0 radical (unpaired) electrons. The van der Waals surface area contributed by atoms with Crippen molar-refractivity contribution >= 4 is 18.0 Å². The van der Waals surface area contributed by atoms with E-state index in [1.54, 1.807) is 24.0 Å². The van der Waals surface area contributed by atoms with Crippen LogP contribution < -0.4 is 4.74 Å². The predicted molar refractivity (Wildman–Crippen MR) is 58.3 cm³/mol. The summed E-state index contributed by atoms with van der Waals surface area (Å²) in [5.41, 5.74) is 0. The molecule has 0 atom stereocenters. The van der Waals surface area contributed by atoms with Crippen LogP contribution in [0.5, 0.6) is 5.75 Å². The molecule has 0 aliphatic carbocycles. The highest BCUT2D eigenvalue weighted by Crippen LogP contribution is 2.28. The molecule has 0 saturated heterocycles. The molecule has 0 N–H and O–H groups in total.